The number of halogens is 1. The van der Waals surface area contributed by atoms with Gasteiger partial charge in [-0.15, -0.1) is 0 Å². The van der Waals surface area contributed by atoms with Crippen LogP contribution in [0.1, 0.15) is 16.8 Å². The zero-order valence-corrected chi connectivity index (χ0v) is 14.4. The molecule has 0 amide bonds. The third-order valence-corrected chi connectivity index (χ3v) is 3.86. The maximum absolute atomic E-state index is 6.18. The molecule has 0 atom stereocenters. The first kappa shape index (κ1) is 16.3. The molecule has 2 aromatic carbocycles. The van der Waals surface area contributed by atoms with E-state index in [2.05, 4.69) is 51.8 Å². The molecular weight excluding hydrogens is 320 g/mol. The molecule has 0 fully saturated rings. The summed E-state index contributed by atoms with van der Waals surface area (Å²) in [5.74, 6) is 1.30. The fourth-order valence-corrected chi connectivity index (χ4v) is 2.60. The smallest absolute Gasteiger partial charge is 0.229 e. The van der Waals surface area contributed by atoms with E-state index in [0.717, 1.165) is 17.2 Å². The Morgan fingerprint density at radius 2 is 1.79 bits per heavy atom. The lowest BCUT2D eigenvalue weighted by atomic mass is 10.1. The molecule has 3 rings (SSSR count). The predicted octanol–water partition coefficient (Wildman–Crippen LogP) is 5.10. The lowest BCUT2D eigenvalue weighted by Crippen LogP contribution is -2.06. The van der Waals surface area contributed by atoms with Crippen LogP contribution in [-0.4, -0.2) is 9.97 Å². The van der Waals surface area contributed by atoms with Gasteiger partial charge in [0.2, 0.25) is 5.95 Å². The van der Waals surface area contributed by atoms with Gasteiger partial charge in [-0.25, -0.2) is 4.98 Å². The molecule has 1 aromatic heterocycles. The summed E-state index contributed by atoms with van der Waals surface area (Å²) in [6.07, 6.45) is 0. The van der Waals surface area contributed by atoms with Gasteiger partial charge in [0.15, 0.2) is 0 Å². The number of hydrogen-bond donors (Lipinski definition) is 2. The number of aromatic nitrogens is 2. The fraction of sp³-hybridized carbons (Fsp3) is 0.158. The molecule has 5 heteroatoms. The Hall–Kier alpha value is -2.59. The molecule has 0 aliphatic heterocycles. The normalized spacial score (nSPS) is 10.5. The van der Waals surface area contributed by atoms with Crippen LogP contribution >= 0.6 is 11.6 Å². The molecule has 4 nitrogen and oxygen atoms in total. The first-order valence-electron chi connectivity index (χ1n) is 7.77. The van der Waals surface area contributed by atoms with E-state index in [1.54, 1.807) is 0 Å². The van der Waals surface area contributed by atoms with Crippen molar-refractivity contribution >= 4 is 29.1 Å². The molecule has 0 radical (unpaired) electrons. The van der Waals surface area contributed by atoms with Crippen molar-refractivity contribution in [3.63, 3.8) is 0 Å². The van der Waals surface area contributed by atoms with Gasteiger partial charge in [0.25, 0.3) is 0 Å². The topological polar surface area (TPSA) is 49.8 Å². The van der Waals surface area contributed by atoms with Crippen LogP contribution < -0.4 is 10.6 Å². The number of nitrogens with one attached hydrogen (secondary N) is 2. The van der Waals surface area contributed by atoms with E-state index >= 15 is 0 Å². The van der Waals surface area contributed by atoms with Crippen molar-refractivity contribution in [3.05, 3.63) is 76.4 Å². The summed E-state index contributed by atoms with van der Waals surface area (Å²) >= 11 is 6.18. The standard InChI is InChI=1S/C19H19ClN4/c1-13-6-5-7-15(10-13)12-21-18-11-14(2)22-19(24-18)23-17-9-4-3-8-16(17)20/h3-11H,12H2,1-2H3,(H2,21,22,23,24). The molecule has 0 saturated carbocycles. The molecule has 3 aromatic rings. The van der Waals surface area contributed by atoms with Crippen molar-refractivity contribution in [3.8, 4) is 0 Å². The zero-order valence-electron chi connectivity index (χ0n) is 13.7. The van der Waals surface area contributed by atoms with Crippen LogP contribution in [0.5, 0.6) is 0 Å². The first-order chi connectivity index (χ1) is 11.6. The Bertz CT molecular complexity index is 848. The van der Waals surface area contributed by atoms with Gasteiger partial charge in [0.1, 0.15) is 5.82 Å². The molecular formula is C19H19ClN4. The summed E-state index contributed by atoms with van der Waals surface area (Å²) < 4.78 is 0. The lowest BCUT2D eigenvalue weighted by Gasteiger charge is -2.11. The second-order valence-corrected chi connectivity index (χ2v) is 6.07. The molecule has 0 bridgehead atoms. The summed E-state index contributed by atoms with van der Waals surface area (Å²) in [6.45, 7) is 4.74. The van der Waals surface area contributed by atoms with Crippen LogP contribution in [0.25, 0.3) is 0 Å². The first-order valence-corrected chi connectivity index (χ1v) is 8.14. The monoisotopic (exact) mass is 338 g/mol. The van der Waals surface area contributed by atoms with Crippen molar-refractivity contribution in [1.82, 2.24) is 9.97 Å². The second kappa shape index (κ2) is 7.32. The Labute approximate surface area is 146 Å². The highest BCUT2D eigenvalue weighted by Gasteiger charge is 2.05. The summed E-state index contributed by atoms with van der Waals surface area (Å²) in [4.78, 5) is 8.93. The number of rotatable bonds is 5. The molecule has 0 unspecified atom stereocenters. The van der Waals surface area contributed by atoms with Crippen LogP contribution in [0.15, 0.2) is 54.6 Å². The third-order valence-electron chi connectivity index (χ3n) is 3.53. The minimum absolute atomic E-state index is 0.523. The number of benzene rings is 2. The van der Waals surface area contributed by atoms with Crippen molar-refractivity contribution in [2.24, 2.45) is 0 Å². The Balaban J connectivity index is 1.75. The van der Waals surface area contributed by atoms with Gasteiger partial charge < -0.3 is 10.6 Å². The SMILES string of the molecule is Cc1cccc(CNc2cc(C)nc(Nc3ccccc3Cl)n2)c1. The molecule has 24 heavy (non-hydrogen) atoms. The maximum Gasteiger partial charge on any atom is 0.229 e. The van der Waals surface area contributed by atoms with Crippen molar-refractivity contribution in [1.29, 1.82) is 0 Å². The van der Waals surface area contributed by atoms with Crippen LogP contribution in [0.2, 0.25) is 5.02 Å². The van der Waals surface area contributed by atoms with Gasteiger partial charge in [0.05, 0.1) is 10.7 Å². The fourth-order valence-electron chi connectivity index (χ4n) is 2.41. The summed E-state index contributed by atoms with van der Waals surface area (Å²) in [7, 11) is 0. The van der Waals surface area contributed by atoms with Gasteiger partial charge in [-0.05, 0) is 31.5 Å². The van der Waals surface area contributed by atoms with Gasteiger partial charge >= 0.3 is 0 Å². The highest BCUT2D eigenvalue weighted by Crippen LogP contribution is 2.24. The Morgan fingerprint density at radius 1 is 0.958 bits per heavy atom. The van der Waals surface area contributed by atoms with Gasteiger partial charge in [-0.1, -0.05) is 53.6 Å². The van der Waals surface area contributed by atoms with Crippen molar-refractivity contribution in [2.45, 2.75) is 20.4 Å². The summed E-state index contributed by atoms with van der Waals surface area (Å²) in [5.41, 5.74) is 4.13. The van der Waals surface area contributed by atoms with Crippen LogP contribution in [-0.2, 0) is 6.54 Å². The number of aryl methyl sites for hydroxylation is 2. The van der Waals surface area contributed by atoms with Crippen LogP contribution in [0, 0.1) is 13.8 Å². The molecule has 0 aliphatic carbocycles. The number of nitrogens with zero attached hydrogens (tertiary/aromatic N) is 2. The van der Waals surface area contributed by atoms with Crippen LogP contribution in [0.3, 0.4) is 0 Å². The largest absolute Gasteiger partial charge is 0.366 e. The van der Waals surface area contributed by atoms with Crippen molar-refractivity contribution < 1.29 is 0 Å². The molecule has 122 valence electrons. The highest BCUT2D eigenvalue weighted by molar-refractivity contribution is 6.33. The quantitative estimate of drug-likeness (QED) is 0.679. The van der Waals surface area contributed by atoms with Gasteiger partial charge in [0, 0.05) is 18.3 Å². The summed E-state index contributed by atoms with van der Waals surface area (Å²) in [6, 6.07) is 17.9. The third kappa shape index (κ3) is 4.24. The van der Waals surface area contributed by atoms with Crippen LogP contribution in [0.4, 0.5) is 17.5 Å². The van der Waals surface area contributed by atoms with E-state index in [1.807, 2.05) is 37.3 Å². The van der Waals surface area contributed by atoms with Gasteiger partial charge in [-0.2, -0.15) is 4.98 Å². The second-order valence-electron chi connectivity index (χ2n) is 5.67. The maximum atomic E-state index is 6.18. The van der Waals surface area contributed by atoms with E-state index in [-0.39, 0.29) is 0 Å². The predicted molar refractivity (Wildman–Crippen MR) is 100 cm³/mol. The van der Waals surface area contributed by atoms with E-state index in [1.165, 1.54) is 11.1 Å². The van der Waals surface area contributed by atoms with E-state index in [9.17, 15) is 0 Å². The Morgan fingerprint density at radius 3 is 2.58 bits per heavy atom. The number of para-hydroxylation sites is 1. The molecule has 0 saturated heterocycles. The minimum atomic E-state index is 0.523. The number of anilines is 3. The lowest BCUT2D eigenvalue weighted by molar-refractivity contribution is 1.06. The zero-order chi connectivity index (χ0) is 16.9. The van der Waals surface area contributed by atoms with Crippen molar-refractivity contribution in [2.75, 3.05) is 10.6 Å². The average Bonchev–Trinajstić information content (AvgIpc) is 2.55. The number of hydrogen-bond acceptors (Lipinski definition) is 4. The molecule has 1 heterocycles. The van der Waals surface area contributed by atoms with E-state index in [4.69, 9.17) is 11.6 Å². The Kier molecular flexibility index (Phi) is 4.96. The molecule has 0 spiro atoms. The molecule has 2 N–H and O–H groups in total. The molecule has 0 aliphatic rings. The van der Waals surface area contributed by atoms with E-state index in [0.29, 0.717) is 17.5 Å². The van der Waals surface area contributed by atoms with Gasteiger partial charge in [-0.3, -0.25) is 0 Å². The summed E-state index contributed by atoms with van der Waals surface area (Å²) in [5, 5.41) is 7.15. The van der Waals surface area contributed by atoms with E-state index < -0.39 is 0 Å². The minimum Gasteiger partial charge on any atom is -0.366 e. The highest BCUT2D eigenvalue weighted by atomic mass is 35.5. The average molecular weight is 339 g/mol.